The van der Waals surface area contributed by atoms with Crippen molar-refractivity contribution in [3.05, 3.63) is 0 Å². The first-order chi connectivity index (χ1) is 7.10. The number of nitrogens with one attached hydrogen (secondary N) is 1. The largest absolute Gasteiger partial charge is 0.351 e. The Labute approximate surface area is 99.2 Å². The summed E-state index contributed by atoms with van der Waals surface area (Å²) in [6, 6.07) is 0. The number of hydrogen-bond donors (Lipinski definition) is 2. The fourth-order valence-electron chi connectivity index (χ4n) is 2.48. The number of amides is 1. The molecular weight excluding hydrogens is 200 g/mol. The zero-order chi connectivity index (χ0) is 12.6. The minimum absolute atomic E-state index is 0.143. The van der Waals surface area contributed by atoms with E-state index in [9.17, 15) is 4.79 Å². The summed E-state index contributed by atoms with van der Waals surface area (Å²) in [5, 5.41) is 3.15. The highest BCUT2D eigenvalue weighted by Gasteiger charge is 2.49. The zero-order valence-corrected chi connectivity index (χ0v) is 11.3. The third-order valence-electron chi connectivity index (χ3n) is 3.15. The van der Waals surface area contributed by atoms with E-state index in [1.165, 1.54) is 0 Å². The second kappa shape index (κ2) is 4.02. The molecule has 1 amide bonds. The molecule has 0 radical (unpaired) electrons. The quantitative estimate of drug-likeness (QED) is 0.771. The molecule has 1 saturated carbocycles. The smallest absolute Gasteiger partial charge is 0.227 e. The van der Waals surface area contributed by atoms with Crippen LogP contribution >= 0.6 is 0 Å². The fraction of sp³-hybridized carbons (Fsp3) is 0.923. The van der Waals surface area contributed by atoms with Gasteiger partial charge in [-0.3, -0.25) is 4.79 Å². The van der Waals surface area contributed by atoms with Crippen LogP contribution < -0.4 is 11.1 Å². The number of carbonyl (C=O) groups excluding carboxylic acids is 1. The van der Waals surface area contributed by atoms with Gasteiger partial charge in [0.25, 0.3) is 0 Å². The standard InChI is InChI=1S/C13H26N2O/c1-11(2,3)8-12(4,5)15-10(16)13(9-14)6-7-13/h6-9,14H2,1-5H3,(H,15,16). The van der Waals surface area contributed by atoms with Gasteiger partial charge in [0.05, 0.1) is 5.41 Å². The third-order valence-corrected chi connectivity index (χ3v) is 3.15. The van der Waals surface area contributed by atoms with Crippen LogP contribution in [-0.2, 0) is 4.79 Å². The normalized spacial score (nSPS) is 19.4. The van der Waals surface area contributed by atoms with E-state index in [-0.39, 0.29) is 22.3 Å². The van der Waals surface area contributed by atoms with E-state index in [1.54, 1.807) is 0 Å². The lowest BCUT2D eigenvalue weighted by Gasteiger charge is -2.34. The summed E-state index contributed by atoms with van der Waals surface area (Å²) in [7, 11) is 0. The van der Waals surface area contributed by atoms with Crippen LogP contribution in [-0.4, -0.2) is 18.0 Å². The fourth-order valence-corrected chi connectivity index (χ4v) is 2.48. The van der Waals surface area contributed by atoms with Gasteiger partial charge in [0.2, 0.25) is 5.91 Å². The average Bonchev–Trinajstić information content (AvgIpc) is 2.77. The van der Waals surface area contributed by atoms with Crippen molar-refractivity contribution in [2.24, 2.45) is 16.6 Å². The maximum Gasteiger partial charge on any atom is 0.227 e. The third kappa shape index (κ3) is 3.48. The van der Waals surface area contributed by atoms with Crippen molar-refractivity contribution in [2.75, 3.05) is 6.54 Å². The van der Waals surface area contributed by atoms with Gasteiger partial charge in [-0.1, -0.05) is 20.8 Å². The summed E-state index contributed by atoms with van der Waals surface area (Å²) < 4.78 is 0. The van der Waals surface area contributed by atoms with Crippen molar-refractivity contribution in [2.45, 2.75) is 59.4 Å². The van der Waals surface area contributed by atoms with Crippen molar-refractivity contribution < 1.29 is 4.79 Å². The monoisotopic (exact) mass is 226 g/mol. The zero-order valence-electron chi connectivity index (χ0n) is 11.3. The first-order valence-corrected chi connectivity index (χ1v) is 6.13. The van der Waals surface area contributed by atoms with Crippen LogP contribution in [0.5, 0.6) is 0 Å². The van der Waals surface area contributed by atoms with E-state index >= 15 is 0 Å². The second-order valence-electron chi connectivity index (χ2n) is 7.06. The van der Waals surface area contributed by atoms with Gasteiger partial charge in [0, 0.05) is 12.1 Å². The molecule has 0 saturated heterocycles. The molecule has 3 N–H and O–H groups in total. The predicted octanol–water partition coefficient (Wildman–Crippen LogP) is 2.06. The van der Waals surface area contributed by atoms with Crippen molar-refractivity contribution >= 4 is 5.91 Å². The highest BCUT2D eigenvalue weighted by Crippen LogP contribution is 2.45. The Kier molecular flexibility index (Phi) is 3.39. The Morgan fingerprint density at radius 3 is 2.06 bits per heavy atom. The van der Waals surface area contributed by atoms with E-state index in [0.29, 0.717) is 6.54 Å². The van der Waals surface area contributed by atoms with Crippen LogP contribution in [0.15, 0.2) is 0 Å². The van der Waals surface area contributed by atoms with Crippen LogP contribution in [0.1, 0.15) is 53.9 Å². The van der Waals surface area contributed by atoms with Gasteiger partial charge in [-0.25, -0.2) is 0 Å². The maximum absolute atomic E-state index is 12.1. The van der Waals surface area contributed by atoms with Crippen LogP contribution in [0, 0.1) is 10.8 Å². The molecule has 1 fully saturated rings. The molecule has 16 heavy (non-hydrogen) atoms. The second-order valence-corrected chi connectivity index (χ2v) is 7.06. The van der Waals surface area contributed by atoms with Crippen LogP contribution in [0.25, 0.3) is 0 Å². The van der Waals surface area contributed by atoms with Crippen molar-refractivity contribution in [1.29, 1.82) is 0 Å². The Hall–Kier alpha value is -0.570. The van der Waals surface area contributed by atoms with Crippen molar-refractivity contribution in [3.63, 3.8) is 0 Å². The van der Waals surface area contributed by atoms with E-state index in [0.717, 1.165) is 19.3 Å². The average molecular weight is 226 g/mol. The summed E-state index contributed by atoms with van der Waals surface area (Å²) >= 11 is 0. The van der Waals surface area contributed by atoms with Gasteiger partial charge in [-0.2, -0.15) is 0 Å². The van der Waals surface area contributed by atoms with Gasteiger partial charge in [0.15, 0.2) is 0 Å². The molecule has 0 heterocycles. The van der Waals surface area contributed by atoms with Gasteiger partial charge < -0.3 is 11.1 Å². The van der Waals surface area contributed by atoms with Crippen molar-refractivity contribution in [1.82, 2.24) is 5.32 Å². The first-order valence-electron chi connectivity index (χ1n) is 6.13. The molecule has 1 aliphatic rings. The molecule has 0 aromatic rings. The maximum atomic E-state index is 12.1. The van der Waals surface area contributed by atoms with Crippen LogP contribution in [0.2, 0.25) is 0 Å². The molecule has 1 rings (SSSR count). The Balaban J connectivity index is 2.56. The topological polar surface area (TPSA) is 55.1 Å². The minimum Gasteiger partial charge on any atom is -0.351 e. The van der Waals surface area contributed by atoms with E-state index < -0.39 is 0 Å². The lowest BCUT2D eigenvalue weighted by molar-refractivity contribution is -0.127. The molecule has 3 heteroatoms. The molecule has 0 aromatic carbocycles. The Morgan fingerprint density at radius 1 is 1.25 bits per heavy atom. The molecule has 3 nitrogen and oxygen atoms in total. The highest BCUT2D eigenvalue weighted by molar-refractivity contribution is 5.86. The molecule has 1 aliphatic carbocycles. The van der Waals surface area contributed by atoms with Crippen molar-refractivity contribution in [3.8, 4) is 0 Å². The molecular formula is C13H26N2O. The Bertz CT molecular complexity index is 272. The van der Waals surface area contributed by atoms with E-state index in [4.69, 9.17) is 5.73 Å². The highest BCUT2D eigenvalue weighted by atomic mass is 16.2. The lowest BCUT2D eigenvalue weighted by atomic mass is 9.81. The molecule has 0 spiro atoms. The summed E-state index contributed by atoms with van der Waals surface area (Å²) in [5.41, 5.74) is 5.48. The number of carbonyl (C=O) groups is 1. The van der Waals surface area contributed by atoms with Gasteiger partial charge in [-0.05, 0) is 38.5 Å². The summed E-state index contributed by atoms with van der Waals surface area (Å²) in [5.74, 6) is 0.143. The summed E-state index contributed by atoms with van der Waals surface area (Å²) in [6.07, 6.45) is 2.86. The number of nitrogens with two attached hydrogens (primary N) is 1. The van der Waals surface area contributed by atoms with Crippen LogP contribution in [0.3, 0.4) is 0 Å². The summed E-state index contributed by atoms with van der Waals surface area (Å²) in [4.78, 5) is 12.1. The van der Waals surface area contributed by atoms with Crippen LogP contribution in [0.4, 0.5) is 0 Å². The summed E-state index contributed by atoms with van der Waals surface area (Å²) in [6.45, 7) is 11.2. The van der Waals surface area contributed by atoms with Gasteiger partial charge in [0.1, 0.15) is 0 Å². The van der Waals surface area contributed by atoms with Gasteiger partial charge in [-0.15, -0.1) is 0 Å². The molecule has 0 bridgehead atoms. The molecule has 94 valence electrons. The number of rotatable bonds is 4. The molecule has 0 unspecified atom stereocenters. The molecule has 0 atom stereocenters. The lowest BCUT2D eigenvalue weighted by Crippen LogP contribution is -2.50. The molecule has 0 aromatic heterocycles. The SMILES string of the molecule is CC(C)(C)CC(C)(C)NC(=O)C1(CN)CC1. The predicted molar refractivity (Wildman–Crippen MR) is 67.0 cm³/mol. The Morgan fingerprint density at radius 2 is 1.75 bits per heavy atom. The number of hydrogen-bond acceptors (Lipinski definition) is 2. The molecule has 0 aliphatic heterocycles. The van der Waals surface area contributed by atoms with E-state index in [2.05, 4.69) is 39.9 Å². The first kappa shape index (κ1) is 13.5. The van der Waals surface area contributed by atoms with E-state index in [1.807, 2.05) is 0 Å². The minimum atomic E-state index is -0.241. The van der Waals surface area contributed by atoms with Gasteiger partial charge >= 0.3 is 0 Å².